The number of hydrogen-bond acceptors (Lipinski definition) is 3. The summed E-state index contributed by atoms with van der Waals surface area (Å²) in [5.74, 6) is 0.911. The van der Waals surface area contributed by atoms with Gasteiger partial charge in [0.15, 0.2) is 0 Å². The number of piperidine rings is 1. The average Bonchev–Trinajstić information content (AvgIpc) is 2.96. The van der Waals surface area contributed by atoms with Crippen LogP contribution in [0.2, 0.25) is 0 Å². The van der Waals surface area contributed by atoms with Crippen LogP contribution in [0.5, 0.6) is 5.75 Å². The Hall–Kier alpha value is -2.59. The summed E-state index contributed by atoms with van der Waals surface area (Å²) in [6.07, 6.45) is 8.07. The molecule has 28 heavy (non-hydrogen) atoms. The summed E-state index contributed by atoms with van der Waals surface area (Å²) in [5.41, 5.74) is 2.37. The predicted molar refractivity (Wildman–Crippen MR) is 112 cm³/mol. The van der Waals surface area contributed by atoms with Crippen LogP contribution >= 0.6 is 0 Å². The van der Waals surface area contributed by atoms with Gasteiger partial charge in [0.05, 0.1) is 7.11 Å². The van der Waals surface area contributed by atoms with E-state index in [0.717, 1.165) is 30.7 Å². The van der Waals surface area contributed by atoms with Crippen LogP contribution in [0.15, 0.2) is 60.7 Å². The summed E-state index contributed by atoms with van der Waals surface area (Å²) in [4.78, 5) is 15.0. The molecule has 2 bridgehead atoms. The molecule has 2 aliphatic rings. The fraction of sp³-hybridized carbons (Fsp3) is 0.375. The molecule has 2 aliphatic heterocycles. The van der Waals surface area contributed by atoms with Crippen LogP contribution in [-0.4, -0.2) is 36.0 Å². The third kappa shape index (κ3) is 4.45. The van der Waals surface area contributed by atoms with Gasteiger partial charge < -0.3 is 10.1 Å². The smallest absolute Gasteiger partial charge is 0.244 e. The van der Waals surface area contributed by atoms with Crippen LogP contribution in [0.1, 0.15) is 36.8 Å². The molecule has 146 valence electrons. The van der Waals surface area contributed by atoms with Gasteiger partial charge in [0.25, 0.3) is 0 Å². The molecule has 2 fully saturated rings. The molecule has 0 aromatic heterocycles. The van der Waals surface area contributed by atoms with Crippen molar-refractivity contribution in [3.63, 3.8) is 0 Å². The molecule has 1 N–H and O–H groups in total. The molecule has 2 aromatic rings. The van der Waals surface area contributed by atoms with E-state index in [1.165, 1.54) is 18.4 Å². The van der Waals surface area contributed by atoms with Crippen molar-refractivity contribution in [3.8, 4) is 5.75 Å². The summed E-state index contributed by atoms with van der Waals surface area (Å²) < 4.78 is 5.25. The highest BCUT2D eigenvalue weighted by atomic mass is 16.5. The Morgan fingerprint density at radius 3 is 2.39 bits per heavy atom. The minimum atomic E-state index is 0.0110. The van der Waals surface area contributed by atoms with E-state index in [1.807, 2.05) is 48.5 Å². The third-order valence-electron chi connectivity index (χ3n) is 5.98. The molecule has 2 heterocycles. The predicted octanol–water partition coefficient (Wildman–Crippen LogP) is 4.02. The molecule has 2 saturated heterocycles. The zero-order valence-electron chi connectivity index (χ0n) is 16.4. The average molecular weight is 377 g/mol. The molecular formula is C24H28N2O2. The zero-order chi connectivity index (χ0) is 19.3. The van der Waals surface area contributed by atoms with Crippen molar-refractivity contribution >= 4 is 12.0 Å². The third-order valence-corrected chi connectivity index (χ3v) is 5.98. The quantitative estimate of drug-likeness (QED) is 0.774. The normalized spacial score (nSPS) is 24.4. The van der Waals surface area contributed by atoms with Gasteiger partial charge in [0.1, 0.15) is 5.75 Å². The summed E-state index contributed by atoms with van der Waals surface area (Å²) in [7, 11) is 1.70. The van der Waals surface area contributed by atoms with Crippen LogP contribution < -0.4 is 10.1 Å². The van der Waals surface area contributed by atoms with Crippen molar-refractivity contribution in [3.05, 3.63) is 71.8 Å². The molecular weight excluding hydrogens is 348 g/mol. The molecule has 0 aliphatic carbocycles. The number of amides is 1. The van der Waals surface area contributed by atoms with E-state index < -0.39 is 0 Å². The first-order valence-electron chi connectivity index (χ1n) is 10.1. The first-order chi connectivity index (χ1) is 13.7. The molecule has 0 spiro atoms. The van der Waals surface area contributed by atoms with Gasteiger partial charge in [0.2, 0.25) is 5.91 Å². The second kappa shape index (κ2) is 8.61. The summed E-state index contributed by atoms with van der Waals surface area (Å²) in [5, 5.41) is 3.22. The second-order valence-electron chi connectivity index (χ2n) is 7.83. The number of rotatable bonds is 6. The Morgan fingerprint density at radius 1 is 1.07 bits per heavy atom. The number of hydrogen-bond donors (Lipinski definition) is 1. The highest BCUT2D eigenvalue weighted by Crippen LogP contribution is 2.37. The van der Waals surface area contributed by atoms with Gasteiger partial charge in [-0.1, -0.05) is 42.5 Å². The van der Waals surface area contributed by atoms with Crippen LogP contribution in [0, 0.1) is 0 Å². The number of carbonyl (C=O) groups is 1. The Labute approximate surface area is 167 Å². The lowest BCUT2D eigenvalue weighted by atomic mass is 9.96. The van der Waals surface area contributed by atoms with Crippen molar-refractivity contribution in [2.45, 2.75) is 50.4 Å². The molecule has 0 radical (unpaired) electrons. The monoisotopic (exact) mass is 376 g/mol. The maximum absolute atomic E-state index is 12.3. The van der Waals surface area contributed by atoms with Crippen LogP contribution in [0.25, 0.3) is 6.08 Å². The van der Waals surface area contributed by atoms with E-state index in [4.69, 9.17) is 4.74 Å². The minimum absolute atomic E-state index is 0.0110. The largest absolute Gasteiger partial charge is 0.497 e. The number of carbonyl (C=O) groups excluding carboxylic acids is 1. The fourth-order valence-electron chi connectivity index (χ4n) is 4.58. The Bertz CT molecular complexity index is 802. The first-order valence-corrected chi connectivity index (χ1v) is 10.1. The Kier molecular flexibility index (Phi) is 5.77. The Morgan fingerprint density at radius 2 is 1.75 bits per heavy atom. The van der Waals surface area contributed by atoms with Gasteiger partial charge in [0, 0.05) is 30.7 Å². The number of fused-ring (bicyclic) bond motifs is 2. The van der Waals surface area contributed by atoms with E-state index in [-0.39, 0.29) is 11.9 Å². The standard InChI is InChI=1S/C24H28N2O2/c1-28-23-12-7-19(8-13-23)17-26-21-10-11-22(26)16-20(15-21)25-24(27)14-9-18-5-3-2-4-6-18/h2-9,12-14,20-22H,10-11,15-17H2,1H3,(H,25,27)/b14-9+/t21-,22-/m0/s1. The molecule has 0 unspecified atom stereocenters. The maximum Gasteiger partial charge on any atom is 0.244 e. The van der Waals surface area contributed by atoms with Crippen molar-refractivity contribution < 1.29 is 9.53 Å². The van der Waals surface area contributed by atoms with Crippen molar-refractivity contribution in [1.82, 2.24) is 10.2 Å². The van der Waals surface area contributed by atoms with Gasteiger partial charge >= 0.3 is 0 Å². The van der Waals surface area contributed by atoms with E-state index >= 15 is 0 Å². The van der Waals surface area contributed by atoms with Gasteiger partial charge in [-0.15, -0.1) is 0 Å². The number of methoxy groups -OCH3 is 1. The first kappa shape index (κ1) is 18.8. The van der Waals surface area contributed by atoms with Gasteiger partial charge in [-0.25, -0.2) is 0 Å². The summed E-state index contributed by atoms with van der Waals surface area (Å²) >= 11 is 0. The summed E-state index contributed by atoms with van der Waals surface area (Å²) in [6, 6.07) is 19.7. The highest BCUT2D eigenvalue weighted by molar-refractivity contribution is 5.91. The lowest BCUT2D eigenvalue weighted by molar-refractivity contribution is -0.117. The molecule has 1 amide bonds. The van der Waals surface area contributed by atoms with E-state index in [9.17, 15) is 4.79 Å². The van der Waals surface area contributed by atoms with Crippen molar-refractivity contribution in [2.24, 2.45) is 0 Å². The highest BCUT2D eigenvalue weighted by Gasteiger charge is 2.40. The van der Waals surface area contributed by atoms with Gasteiger partial charge in [-0.05, 0) is 55.0 Å². The van der Waals surface area contributed by atoms with Crippen LogP contribution in [-0.2, 0) is 11.3 Å². The van der Waals surface area contributed by atoms with E-state index in [1.54, 1.807) is 13.2 Å². The molecule has 4 heteroatoms. The van der Waals surface area contributed by atoms with Crippen molar-refractivity contribution in [1.29, 1.82) is 0 Å². The minimum Gasteiger partial charge on any atom is -0.497 e. The van der Waals surface area contributed by atoms with Crippen LogP contribution in [0.3, 0.4) is 0 Å². The fourth-order valence-corrected chi connectivity index (χ4v) is 4.58. The number of ether oxygens (including phenoxy) is 1. The Balaban J connectivity index is 1.31. The van der Waals surface area contributed by atoms with Gasteiger partial charge in [-0.3, -0.25) is 9.69 Å². The molecule has 4 nitrogen and oxygen atoms in total. The lowest BCUT2D eigenvalue weighted by Crippen LogP contribution is -2.49. The second-order valence-corrected chi connectivity index (χ2v) is 7.83. The summed E-state index contributed by atoms with van der Waals surface area (Å²) in [6.45, 7) is 0.980. The molecule has 4 rings (SSSR count). The number of benzene rings is 2. The SMILES string of the molecule is COc1ccc(CN2[C@H]3CC[C@H]2CC(NC(=O)/C=C/c2ccccc2)C3)cc1. The van der Waals surface area contributed by atoms with E-state index in [2.05, 4.69) is 22.3 Å². The molecule has 2 atom stereocenters. The lowest BCUT2D eigenvalue weighted by Gasteiger charge is -2.39. The number of nitrogens with zero attached hydrogens (tertiary/aromatic N) is 1. The van der Waals surface area contributed by atoms with Crippen molar-refractivity contribution in [2.75, 3.05) is 7.11 Å². The van der Waals surface area contributed by atoms with E-state index in [0.29, 0.717) is 12.1 Å². The zero-order valence-corrected chi connectivity index (χ0v) is 16.4. The van der Waals surface area contributed by atoms with Crippen LogP contribution in [0.4, 0.5) is 0 Å². The number of nitrogens with one attached hydrogen (secondary N) is 1. The van der Waals surface area contributed by atoms with Gasteiger partial charge in [-0.2, -0.15) is 0 Å². The topological polar surface area (TPSA) is 41.6 Å². The maximum atomic E-state index is 12.3. The molecule has 0 saturated carbocycles. The molecule has 2 aromatic carbocycles.